The van der Waals surface area contributed by atoms with E-state index in [1.165, 1.54) is 4.90 Å². The Kier molecular flexibility index (Phi) is 4.55. The number of nitrogens with zero attached hydrogens (tertiary/aromatic N) is 1. The third-order valence-corrected chi connectivity index (χ3v) is 4.26. The van der Waals surface area contributed by atoms with Gasteiger partial charge in [0.05, 0.1) is 12.0 Å². The second-order valence-electron chi connectivity index (χ2n) is 4.95. The Hall–Kier alpha value is -1.26. The Morgan fingerprint density at radius 2 is 2.10 bits per heavy atom. The van der Waals surface area contributed by atoms with E-state index in [4.69, 9.17) is 23.2 Å². The van der Waals surface area contributed by atoms with Crippen molar-refractivity contribution in [2.75, 3.05) is 7.05 Å². The van der Waals surface area contributed by atoms with Crippen LogP contribution < -0.4 is 0 Å². The van der Waals surface area contributed by atoms with E-state index in [1.807, 2.05) is 0 Å². The smallest absolute Gasteiger partial charge is 0.308 e. The number of carboxylic acid groups (broad SMARTS) is 1. The molecule has 0 aromatic heterocycles. The van der Waals surface area contributed by atoms with Crippen LogP contribution in [0, 0.1) is 5.92 Å². The molecule has 4 nitrogen and oxygen atoms in total. The van der Waals surface area contributed by atoms with Gasteiger partial charge in [0, 0.05) is 23.5 Å². The van der Waals surface area contributed by atoms with E-state index in [-0.39, 0.29) is 5.91 Å². The SMILES string of the molecule is CN1C(=O)CCCC(C(=O)O)C1c1ccc(Cl)cc1Cl. The minimum atomic E-state index is -0.914. The van der Waals surface area contributed by atoms with Crippen molar-refractivity contribution in [3.8, 4) is 0 Å². The molecule has 1 fully saturated rings. The summed E-state index contributed by atoms with van der Waals surface area (Å²) in [7, 11) is 1.62. The molecule has 1 aromatic carbocycles. The third-order valence-electron chi connectivity index (χ3n) is 3.70. The summed E-state index contributed by atoms with van der Waals surface area (Å²) in [5, 5.41) is 10.3. The highest BCUT2D eigenvalue weighted by atomic mass is 35.5. The predicted molar refractivity (Wildman–Crippen MR) is 76.9 cm³/mol. The number of hydrogen-bond acceptors (Lipinski definition) is 2. The maximum atomic E-state index is 12.0. The van der Waals surface area contributed by atoms with E-state index in [1.54, 1.807) is 25.2 Å². The second kappa shape index (κ2) is 6.02. The molecular weight excluding hydrogens is 301 g/mol. The molecule has 0 saturated carbocycles. The Bertz CT molecular complexity index is 547. The van der Waals surface area contributed by atoms with Gasteiger partial charge in [0.25, 0.3) is 0 Å². The van der Waals surface area contributed by atoms with Crippen LogP contribution in [0.4, 0.5) is 0 Å². The molecular formula is C14H15Cl2NO3. The molecule has 1 N–H and O–H groups in total. The lowest BCUT2D eigenvalue weighted by atomic mass is 9.89. The number of carbonyl (C=O) groups is 2. The molecule has 1 aromatic rings. The largest absolute Gasteiger partial charge is 0.481 e. The highest BCUT2D eigenvalue weighted by molar-refractivity contribution is 6.35. The number of benzene rings is 1. The lowest BCUT2D eigenvalue weighted by Crippen LogP contribution is -2.36. The highest BCUT2D eigenvalue weighted by Gasteiger charge is 2.37. The zero-order chi connectivity index (χ0) is 14.9. The van der Waals surface area contributed by atoms with Gasteiger partial charge in [-0.2, -0.15) is 0 Å². The lowest BCUT2D eigenvalue weighted by Gasteiger charge is -2.31. The lowest BCUT2D eigenvalue weighted by molar-refractivity contribution is -0.145. The van der Waals surface area contributed by atoms with Gasteiger partial charge in [-0.3, -0.25) is 9.59 Å². The Labute approximate surface area is 127 Å². The molecule has 1 amide bonds. The summed E-state index contributed by atoms with van der Waals surface area (Å²) in [5.41, 5.74) is 0.626. The van der Waals surface area contributed by atoms with Crippen LogP contribution in [-0.4, -0.2) is 28.9 Å². The van der Waals surface area contributed by atoms with Crippen molar-refractivity contribution in [1.82, 2.24) is 4.90 Å². The van der Waals surface area contributed by atoms with E-state index in [0.29, 0.717) is 34.9 Å². The predicted octanol–water partition coefficient (Wildman–Crippen LogP) is 3.38. The number of amides is 1. The highest BCUT2D eigenvalue weighted by Crippen LogP contribution is 2.38. The van der Waals surface area contributed by atoms with Crippen LogP contribution in [0.5, 0.6) is 0 Å². The topological polar surface area (TPSA) is 57.6 Å². The van der Waals surface area contributed by atoms with Crippen molar-refractivity contribution >= 4 is 35.1 Å². The van der Waals surface area contributed by atoms with Gasteiger partial charge in [0.2, 0.25) is 5.91 Å². The molecule has 1 aliphatic rings. The molecule has 0 aliphatic carbocycles. The van der Waals surface area contributed by atoms with Gasteiger partial charge in [0.15, 0.2) is 0 Å². The summed E-state index contributed by atoms with van der Waals surface area (Å²) >= 11 is 12.1. The fourth-order valence-corrected chi connectivity index (χ4v) is 3.18. The molecule has 108 valence electrons. The average Bonchev–Trinajstić information content (AvgIpc) is 2.51. The van der Waals surface area contributed by atoms with E-state index >= 15 is 0 Å². The van der Waals surface area contributed by atoms with Crippen molar-refractivity contribution in [2.45, 2.75) is 25.3 Å². The normalized spacial score (nSPS) is 23.6. The first kappa shape index (κ1) is 15.1. The maximum absolute atomic E-state index is 12.0. The standard InChI is InChI=1S/C14H15Cl2NO3/c1-17-12(18)4-2-3-10(14(19)20)13(17)9-6-5-8(15)7-11(9)16/h5-7,10,13H,2-4H2,1H3,(H,19,20). The van der Waals surface area contributed by atoms with E-state index in [2.05, 4.69) is 0 Å². The second-order valence-corrected chi connectivity index (χ2v) is 5.80. The molecule has 20 heavy (non-hydrogen) atoms. The summed E-state index contributed by atoms with van der Waals surface area (Å²) in [6.45, 7) is 0. The zero-order valence-corrected chi connectivity index (χ0v) is 12.5. The number of hydrogen-bond donors (Lipinski definition) is 1. The summed E-state index contributed by atoms with van der Waals surface area (Å²) in [4.78, 5) is 25.0. The molecule has 2 atom stereocenters. The van der Waals surface area contributed by atoms with Gasteiger partial charge in [0.1, 0.15) is 0 Å². The first-order valence-corrected chi connectivity index (χ1v) is 7.11. The molecule has 0 bridgehead atoms. The fraction of sp³-hybridized carbons (Fsp3) is 0.429. The third kappa shape index (κ3) is 2.91. The van der Waals surface area contributed by atoms with E-state index < -0.39 is 17.9 Å². The van der Waals surface area contributed by atoms with E-state index in [9.17, 15) is 14.7 Å². The summed E-state index contributed by atoms with van der Waals surface area (Å²) in [6.07, 6.45) is 1.39. The fourth-order valence-electron chi connectivity index (χ4n) is 2.66. The molecule has 1 saturated heterocycles. The van der Waals surface area contributed by atoms with Crippen LogP contribution in [0.3, 0.4) is 0 Å². The maximum Gasteiger partial charge on any atom is 0.308 e. The van der Waals surface area contributed by atoms with Crippen molar-refractivity contribution in [3.05, 3.63) is 33.8 Å². The van der Waals surface area contributed by atoms with Gasteiger partial charge >= 0.3 is 5.97 Å². The Morgan fingerprint density at radius 3 is 2.70 bits per heavy atom. The number of halogens is 2. The Balaban J connectivity index is 2.50. The number of carboxylic acids is 1. The number of carbonyl (C=O) groups excluding carboxylic acids is 1. The van der Waals surface area contributed by atoms with Crippen LogP contribution in [0.25, 0.3) is 0 Å². The minimum Gasteiger partial charge on any atom is -0.481 e. The molecule has 0 radical (unpaired) electrons. The number of aliphatic carboxylic acids is 1. The van der Waals surface area contributed by atoms with Crippen molar-refractivity contribution in [1.29, 1.82) is 0 Å². The molecule has 2 unspecified atom stereocenters. The summed E-state index contributed by atoms with van der Waals surface area (Å²) < 4.78 is 0. The van der Waals surface area contributed by atoms with Gasteiger partial charge in [-0.15, -0.1) is 0 Å². The number of rotatable bonds is 2. The van der Waals surface area contributed by atoms with Crippen molar-refractivity contribution < 1.29 is 14.7 Å². The summed E-state index contributed by atoms with van der Waals surface area (Å²) in [5.74, 6) is -1.64. The Morgan fingerprint density at radius 1 is 1.40 bits per heavy atom. The monoisotopic (exact) mass is 315 g/mol. The first-order valence-electron chi connectivity index (χ1n) is 6.35. The van der Waals surface area contributed by atoms with Crippen LogP contribution in [0.15, 0.2) is 18.2 Å². The first-order chi connectivity index (χ1) is 9.41. The molecule has 6 heteroatoms. The van der Waals surface area contributed by atoms with Gasteiger partial charge in [-0.05, 0) is 30.5 Å². The molecule has 2 rings (SSSR count). The van der Waals surface area contributed by atoms with Crippen LogP contribution >= 0.6 is 23.2 Å². The van der Waals surface area contributed by atoms with Crippen LogP contribution in [0.2, 0.25) is 10.0 Å². The number of likely N-dealkylation sites (tertiary alicyclic amines) is 1. The van der Waals surface area contributed by atoms with Crippen LogP contribution in [0.1, 0.15) is 30.9 Å². The summed E-state index contributed by atoms with van der Waals surface area (Å²) in [6, 6.07) is 4.36. The van der Waals surface area contributed by atoms with Gasteiger partial charge < -0.3 is 10.0 Å². The molecule has 1 heterocycles. The van der Waals surface area contributed by atoms with Crippen molar-refractivity contribution in [2.24, 2.45) is 5.92 Å². The van der Waals surface area contributed by atoms with Crippen molar-refractivity contribution in [3.63, 3.8) is 0 Å². The minimum absolute atomic E-state index is 0.0650. The quantitative estimate of drug-likeness (QED) is 0.910. The average molecular weight is 316 g/mol. The molecule has 1 aliphatic heterocycles. The van der Waals surface area contributed by atoms with Gasteiger partial charge in [-0.25, -0.2) is 0 Å². The van der Waals surface area contributed by atoms with Crippen LogP contribution in [-0.2, 0) is 9.59 Å². The van der Waals surface area contributed by atoms with E-state index in [0.717, 1.165) is 0 Å². The molecule has 0 spiro atoms. The van der Waals surface area contributed by atoms with Gasteiger partial charge in [-0.1, -0.05) is 29.3 Å². The zero-order valence-electron chi connectivity index (χ0n) is 11.0.